The van der Waals surface area contributed by atoms with Crippen LogP contribution in [0.1, 0.15) is 55.4 Å². The molecular weight excluding hydrogens is 406 g/mol. The van der Waals surface area contributed by atoms with Gasteiger partial charge in [-0.05, 0) is 66.5 Å². The van der Waals surface area contributed by atoms with E-state index in [0.29, 0.717) is 51.5 Å². The fourth-order valence-electron chi connectivity index (χ4n) is 3.50. The lowest BCUT2D eigenvalue weighted by atomic mass is 10.2. The molecule has 0 saturated heterocycles. The summed E-state index contributed by atoms with van der Waals surface area (Å²) in [4.78, 5) is 0. The first-order valence-electron chi connectivity index (χ1n) is 11.4. The molecule has 0 aromatic carbocycles. The molecule has 0 bridgehead atoms. The van der Waals surface area contributed by atoms with E-state index >= 15 is 0 Å². The number of hydrogen-bond donors (Lipinski definition) is 1. The van der Waals surface area contributed by atoms with Crippen molar-refractivity contribution in [2.45, 2.75) is 67.5 Å². The van der Waals surface area contributed by atoms with Crippen LogP contribution in [0.5, 0.6) is 0 Å². The summed E-state index contributed by atoms with van der Waals surface area (Å²) >= 11 is 0. The van der Waals surface area contributed by atoms with E-state index in [1.165, 1.54) is 0 Å². The van der Waals surface area contributed by atoms with Crippen molar-refractivity contribution in [2.75, 3.05) is 52.7 Å². The van der Waals surface area contributed by atoms with Crippen molar-refractivity contribution in [3.05, 3.63) is 0 Å². The smallest absolute Gasteiger partial charge is 0.374 e. The first kappa shape index (κ1) is 29.2. The Hall–Kier alpha value is 0.154. The molecule has 0 aromatic heterocycles. The normalized spacial score (nSPS) is 14.9. The van der Waals surface area contributed by atoms with Gasteiger partial charge < -0.3 is 31.9 Å². The van der Waals surface area contributed by atoms with Gasteiger partial charge in [-0.25, -0.2) is 0 Å². The molecule has 0 heterocycles. The van der Waals surface area contributed by atoms with Gasteiger partial charge in [0.15, 0.2) is 0 Å². The van der Waals surface area contributed by atoms with Crippen molar-refractivity contribution in [1.29, 1.82) is 0 Å². The quantitative estimate of drug-likeness (QED) is 0.280. The Balaban J connectivity index is 4.66. The van der Waals surface area contributed by atoms with E-state index in [1.807, 2.05) is 41.5 Å². The van der Waals surface area contributed by atoms with Gasteiger partial charge in [0.1, 0.15) is 0 Å². The summed E-state index contributed by atoms with van der Waals surface area (Å²) in [5.41, 5.74) is 0. The van der Waals surface area contributed by atoms with E-state index in [9.17, 15) is 0 Å². The maximum absolute atomic E-state index is 5.98. The molecule has 0 amide bonds. The maximum atomic E-state index is 5.98. The number of nitrogens with one attached hydrogen (secondary N) is 1. The summed E-state index contributed by atoms with van der Waals surface area (Å²) in [6.07, 6.45) is 0. The molecule has 0 spiro atoms. The van der Waals surface area contributed by atoms with Crippen LogP contribution in [0.4, 0.5) is 0 Å². The second kappa shape index (κ2) is 16.8. The molecule has 176 valence electrons. The molecule has 7 nitrogen and oxygen atoms in total. The lowest BCUT2D eigenvalue weighted by Gasteiger charge is -2.32. The lowest BCUT2D eigenvalue weighted by Crippen LogP contribution is -2.49. The lowest BCUT2D eigenvalue weighted by molar-refractivity contribution is 0.0674. The van der Waals surface area contributed by atoms with Crippen molar-refractivity contribution in [3.63, 3.8) is 0 Å². The molecule has 0 aliphatic carbocycles. The third-order valence-electron chi connectivity index (χ3n) is 4.37. The van der Waals surface area contributed by atoms with Crippen LogP contribution < -0.4 is 5.32 Å². The molecule has 1 N–H and O–H groups in total. The van der Waals surface area contributed by atoms with E-state index < -0.39 is 17.6 Å². The highest BCUT2D eigenvalue weighted by Gasteiger charge is 2.43. The molecule has 2 atom stereocenters. The Morgan fingerprint density at radius 1 is 0.517 bits per heavy atom. The first-order chi connectivity index (χ1) is 13.9. The average Bonchev–Trinajstić information content (AvgIpc) is 2.63. The molecule has 0 aliphatic heterocycles. The van der Waals surface area contributed by atoms with Gasteiger partial charge in [-0.15, -0.1) is 0 Å². The van der Waals surface area contributed by atoms with E-state index in [4.69, 9.17) is 26.6 Å². The summed E-state index contributed by atoms with van der Waals surface area (Å²) in [5, 5.41) is 3.59. The van der Waals surface area contributed by atoms with E-state index in [1.54, 1.807) is 0 Å². The van der Waals surface area contributed by atoms with Gasteiger partial charge in [-0.1, -0.05) is 13.8 Å². The Kier molecular flexibility index (Phi) is 16.9. The summed E-state index contributed by atoms with van der Waals surface area (Å²) < 4.78 is 35.9. The predicted octanol–water partition coefficient (Wildman–Crippen LogP) is 3.95. The van der Waals surface area contributed by atoms with Crippen LogP contribution in [0.15, 0.2) is 0 Å². The summed E-state index contributed by atoms with van der Waals surface area (Å²) in [6, 6.07) is 1.64. The van der Waals surface area contributed by atoms with Gasteiger partial charge >= 0.3 is 17.6 Å². The van der Waals surface area contributed by atoms with Crippen LogP contribution in [0.25, 0.3) is 0 Å². The highest BCUT2D eigenvalue weighted by Crippen LogP contribution is 2.23. The monoisotopic (exact) mass is 453 g/mol. The number of hydrogen-bond acceptors (Lipinski definition) is 7. The van der Waals surface area contributed by atoms with Gasteiger partial charge in [-0.2, -0.15) is 0 Å². The van der Waals surface area contributed by atoms with E-state index in [0.717, 1.165) is 25.2 Å². The Morgan fingerprint density at radius 3 is 0.966 bits per heavy atom. The van der Waals surface area contributed by atoms with Crippen LogP contribution in [-0.4, -0.2) is 70.3 Å². The largest absolute Gasteiger partial charge is 0.501 e. The Bertz CT molecular complexity index is 324. The fraction of sp³-hybridized carbons (Fsp3) is 1.00. The topological polar surface area (TPSA) is 67.4 Å². The predicted molar refractivity (Wildman–Crippen MR) is 122 cm³/mol. The minimum absolute atomic E-state index is 0.395. The van der Waals surface area contributed by atoms with Crippen LogP contribution in [-0.2, 0) is 26.6 Å². The molecule has 0 saturated carbocycles. The second-order valence-electron chi connectivity index (χ2n) is 7.24. The Morgan fingerprint density at radius 2 is 0.759 bits per heavy atom. The zero-order valence-electron chi connectivity index (χ0n) is 20.2. The van der Waals surface area contributed by atoms with Crippen LogP contribution in [0, 0.1) is 11.8 Å². The maximum Gasteiger partial charge on any atom is 0.501 e. The van der Waals surface area contributed by atoms with Crippen molar-refractivity contribution >= 4 is 17.6 Å². The van der Waals surface area contributed by atoms with Crippen molar-refractivity contribution in [2.24, 2.45) is 11.8 Å². The zero-order chi connectivity index (χ0) is 22.2. The molecule has 0 aromatic rings. The molecule has 0 radical (unpaired) electrons. The van der Waals surface area contributed by atoms with Gasteiger partial charge in [0, 0.05) is 51.7 Å². The van der Waals surface area contributed by atoms with Gasteiger partial charge in [0.25, 0.3) is 0 Å². The molecule has 0 fully saturated rings. The van der Waals surface area contributed by atoms with Crippen LogP contribution >= 0.6 is 0 Å². The van der Waals surface area contributed by atoms with Gasteiger partial charge in [0.2, 0.25) is 0 Å². The van der Waals surface area contributed by atoms with Gasteiger partial charge in [0.05, 0.1) is 0 Å². The van der Waals surface area contributed by atoms with Crippen LogP contribution in [0.3, 0.4) is 0 Å². The first-order valence-corrected chi connectivity index (χ1v) is 15.3. The van der Waals surface area contributed by atoms with Crippen molar-refractivity contribution < 1.29 is 26.6 Å². The molecular formula is C20H47NO6Si2. The van der Waals surface area contributed by atoms with Crippen molar-refractivity contribution in [3.8, 4) is 0 Å². The molecule has 0 rings (SSSR count). The van der Waals surface area contributed by atoms with Gasteiger partial charge in [-0.3, -0.25) is 0 Å². The highest BCUT2D eigenvalue weighted by molar-refractivity contribution is 6.61. The summed E-state index contributed by atoms with van der Waals surface area (Å²) in [6.45, 7) is 21.9. The minimum Gasteiger partial charge on any atom is -0.374 e. The van der Waals surface area contributed by atoms with Crippen molar-refractivity contribution in [1.82, 2.24) is 5.32 Å². The average molecular weight is 454 g/mol. The highest BCUT2D eigenvalue weighted by atomic mass is 28.4. The molecule has 0 aliphatic rings. The van der Waals surface area contributed by atoms with Crippen LogP contribution in [0.2, 0.25) is 12.1 Å². The van der Waals surface area contributed by atoms with E-state index in [-0.39, 0.29) is 0 Å². The molecule has 2 unspecified atom stereocenters. The molecule has 9 heteroatoms. The second-order valence-corrected chi connectivity index (χ2v) is 12.5. The third-order valence-corrected chi connectivity index (χ3v) is 11.1. The van der Waals surface area contributed by atoms with E-state index in [2.05, 4.69) is 19.2 Å². The number of rotatable bonds is 20. The standard InChI is InChI=1S/C20H47NO6Si2/c1-9-22-28(23-10-2,24-11-3)17-19(7)15-21-16-20(8)18-29(25-12-4,26-13-5)27-14-6/h19-21H,9-18H2,1-8H3. The third kappa shape index (κ3) is 11.9. The summed E-state index contributed by atoms with van der Waals surface area (Å²) in [7, 11) is -5.20. The SMILES string of the molecule is CCO[Si](CC(C)CNCC(C)C[Si](OCC)(OCC)OCC)(OCC)OCC. The molecule has 29 heavy (non-hydrogen) atoms. The minimum atomic E-state index is -2.60. The Labute approximate surface area is 181 Å². The zero-order valence-corrected chi connectivity index (χ0v) is 22.2. The summed E-state index contributed by atoms with van der Waals surface area (Å²) in [5.74, 6) is 0.789. The fourth-order valence-corrected chi connectivity index (χ4v) is 9.34.